The van der Waals surface area contributed by atoms with Gasteiger partial charge in [0.1, 0.15) is 0 Å². The third kappa shape index (κ3) is 3.73. The van der Waals surface area contributed by atoms with Crippen molar-refractivity contribution < 1.29 is 9.53 Å². The molecular weight excluding hydrogens is 352 g/mol. The van der Waals surface area contributed by atoms with Crippen LogP contribution in [0.25, 0.3) is 10.6 Å². The molecule has 2 atom stereocenters. The van der Waals surface area contributed by atoms with Gasteiger partial charge in [0.15, 0.2) is 5.01 Å². The molecular formula is C17H24N6O2S. The van der Waals surface area contributed by atoms with Crippen molar-refractivity contribution in [3.63, 3.8) is 0 Å². The number of carbonyl (C=O) groups is 1. The number of piperidine rings is 1. The predicted octanol–water partition coefficient (Wildman–Crippen LogP) is 3.05. The minimum absolute atomic E-state index is 0.0999. The van der Waals surface area contributed by atoms with E-state index in [1.54, 1.807) is 6.20 Å². The molecule has 0 radical (unpaired) electrons. The maximum absolute atomic E-state index is 12.7. The van der Waals surface area contributed by atoms with Crippen LogP contribution in [0.1, 0.15) is 37.8 Å². The summed E-state index contributed by atoms with van der Waals surface area (Å²) in [5.74, 6) is 0.438. The number of urea groups is 1. The highest BCUT2D eigenvalue weighted by molar-refractivity contribution is 7.18. The van der Waals surface area contributed by atoms with Gasteiger partial charge in [0.05, 0.1) is 17.9 Å². The molecule has 2 unspecified atom stereocenters. The van der Waals surface area contributed by atoms with Crippen LogP contribution in [0.3, 0.4) is 0 Å². The Balaban J connectivity index is 1.37. The van der Waals surface area contributed by atoms with Gasteiger partial charge in [-0.3, -0.25) is 10.4 Å². The summed E-state index contributed by atoms with van der Waals surface area (Å²) in [6, 6.07) is -0.0999. The molecule has 2 aromatic rings. The normalized spacial score (nSPS) is 23.8. The van der Waals surface area contributed by atoms with E-state index in [0.717, 1.165) is 61.6 Å². The molecule has 26 heavy (non-hydrogen) atoms. The van der Waals surface area contributed by atoms with E-state index in [0.29, 0.717) is 17.2 Å². The van der Waals surface area contributed by atoms with Crippen molar-refractivity contribution in [1.29, 1.82) is 0 Å². The lowest BCUT2D eigenvalue weighted by molar-refractivity contribution is -0.0360. The van der Waals surface area contributed by atoms with E-state index in [1.807, 2.05) is 11.8 Å². The van der Waals surface area contributed by atoms with E-state index in [2.05, 4.69) is 25.7 Å². The molecule has 2 N–H and O–H groups in total. The van der Waals surface area contributed by atoms with Gasteiger partial charge < -0.3 is 9.64 Å². The average Bonchev–Trinajstić information content (AvgIpc) is 3.31. The Morgan fingerprint density at radius 1 is 1.35 bits per heavy atom. The van der Waals surface area contributed by atoms with Crippen molar-refractivity contribution in [2.45, 2.75) is 45.1 Å². The second-order valence-corrected chi connectivity index (χ2v) is 7.98. The van der Waals surface area contributed by atoms with E-state index in [9.17, 15) is 4.79 Å². The van der Waals surface area contributed by atoms with Crippen LogP contribution in [-0.4, -0.2) is 57.1 Å². The highest BCUT2D eigenvalue weighted by atomic mass is 32.1. The van der Waals surface area contributed by atoms with Crippen LogP contribution in [0.2, 0.25) is 0 Å². The van der Waals surface area contributed by atoms with Gasteiger partial charge in [0.2, 0.25) is 5.13 Å². The van der Waals surface area contributed by atoms with Crippen LogP contribution in [0.5, 0.6) is 0 Å². The number of likely N-dealkylation sites (tertiary alicyclic amines) is 1. The zero-order chi connectivity index (χ0) is 17.9. The van der Waals surface area contributed by atoms with Crippen LogP contribution in [0, 0.1) is 12.8 Å². The number of carbonyl (C=O) groups excluding carboxylic acids is 1. The van der Waals surface area contributed by atoms with Crippen LogP contribution < -0.4 is 5.32 Å². The standard InChI is InChI=1S/C17H24N6O2S/c1-11-13(9-18-20-11)15-21-22-16(26-15)19-17(24)23-7-4-5-12(10-23)14-6-2-3-8-25-14/h9,12,14H,2-8,10H2,1H3,(H,18,20)(H,19,22,24). The highest BCUT2D eigenvalue weighted by Crippen LogP contribution is 2.30. The van der Waals surface area contributed by atoms with Crippen molar-refractivity contribution in [2.24, 2.45) is 5.92 Å². The number of ether oxygens (including phenoxy) is 1. The first-order valence-corrected chi connectivity index (χ1v) is 10.0. The van der Waals surface area contributed by atoms with Crippen LogP contribution in [0.4, 0.5) is 9.93 Å². The van der Waals surface area contributed by atoms with Gasteiger partial charge in [-0.2, -0.15) is 5.10 Å². The molecule has 2 fully saturated rings. The Hall–Kier alpha value is -2.00. The number of nitrogens with one attached hydrogen (secondary N) is 2. The van der Waals surface area contributed by atoms with E-state index >= 15 is 0 Å². The van der Waals surface area contributed by atoms with Crippen molar-refractivity contribution in [2.75, 3.05) is 25.0 Å². The number of amides is 2. The third-order valence-corrected chi connectivity index (χ3v) is 6.06. The van der Waals surface area contributed by atoms with E-state index in [1.165, 1.54) is 17.8 Å². The Morgan fingerprint density at radius 2 is 2.27 bits per heavy atom. The monoisotopic (exact) mass is 376 g/mol. The molecule has 140 valence electrons. The molecule has 2 amide bonds. The summed E-state index contributed by atoms with van der Waals surface area (Å²) in [6.07, 6.45) is 7.68. The van der Waals surface area contributed by atoms with Crippen molar-refractivity contribution in [3.8, 4) is 10.6 Å². The number of aromatic amines is 1. The number of aromatic nitrogens is 4. The van der Waals surface area contributed by atoms with Gasteiger partial charge >= 0.3 is 6.03 Å². The quantitative estimate of drug-likeness (QED) is 0.858. The molecule has 0 bridgehead atoms. The Bertz CT molecular complexity index is 754. The van der Waals surface area contributed by atoms with Crippen molar-refractivity contribution in [1.82, 2.24) is 25.3 Å². The molecule has 4 heterocycles. The molecule has 2 aliphatic heterocycles. The molecule has 4 rings (SSSR count). The molecule has 8 nitrogen and oxygen atoms in total. The third-order valence-electron chi connectivity index (χ3n) is 5.18. The Morgan fingerprint density at radius 3 is 3.04 bits per heavy atom. The van der Waals surface area contributed by atoms with Crippen LogP contribution >= 0.6 is 11.3 Å². The van der Waals surface area contributed by atoms with Crippen molar-refractivity contribution in [3.05, 3.63) is 11.9 Å². The molecule has 0 aromatic carbocycles. The Kier molecular flexibility index (Phi) is 5.16. The number of rotatable bonds is 3. The average molecular weight is 376 g/mol. The lowest BCUT2D eigenvalue weighted by Gasteiger charge is -2.38. The fourth-order valence-electron chi connectivity index (χ4n) is 3.75. The van der Waals surface area contributed by atoms with E-state index < -0.39 is 0 Å². The Labute approximate surface area is 156 Å². The second kappa shape index (κ2) is 7.71. The first-order valence-electron chi connectivity index (χ1n) is 9.22. The number of H-pyrrole nitrogens is 1. The van der Waals surface area contributed by atoms with Gasteiger partial charge in [-0.15, -0.1) is 10.2 Å². The number of aryl methyl sites for hydroxylation is 1. The SMILES string of the molecule is Cc1[nH]ncc1-c1nnc(NC(=O)N2CCCC(C3CCCCO3)C2)s1. The molecule has 9 heteroatoms. The number of nitrogens with zero attached hydrogens (tertiary/aromatic N) is 4. The fourth-order valence-corrected chi connectivity index (χ4v) is 4.56. The summed E-state index contributed by atoms with van der Waals surface area (Å²) in [4.78, 5) is 14.5. The van der Waals surface area contributed by atoms with E-state index in [-0.39, 0.29) is 6.03 Å². The lowest BCUT2D eigenvalue weighted by atomic mass is 9.89. The summed E-state index contributed by atoms with van der Waals surface area (Å²) in [5.41, 5.74) is 1.85. The number of hydrogen-bond donors (Lipinski definition) is 2. The first kappa shape index (κ1) is 17.4. The smallest absolute Gasteiger partial charge is 0.323 e. The number of hydrogen-bond acceptors (Lipinski definition) is 6. The van der Waals surface area contributed by atoms with Gasteiger partial charge in [0.25, 0.3) is 0 Å². The van der Waals surface area contributed by atoms with Gasteiger partial charge in [-0.1, -0.05) is 11.3 Å². The summed E-state index contributed by atoms with van der Waals surface area (Å²) in [6.45, 7) is 4.32. The summed E-state index contributed by atoms with van der Waals surface area (Å²) in [7, 11) is 0. The minimum atomic E-state index is -0.0999. The minimum Gasteiger partial charge on any atom is -0.378 e. The second-order valence-electron chi connectivity index (χ2n) is 7.00. The highest BCUT2D eigenvalue weighted by Gasteiger charge is 2.31. The maximum atomic E-state index is 12.7. The van der Waals surface area contributed by atoms with Gasteiger partial charge in [-0.05, 0) is 39.0 Å². The van der Waals surface area contributed by atoms with Gasteiger partial charge in [0, 0.05) is 31.3 Å². The summed E-state index contributed by atoms with van der Waals surface area (Å²) < 4.78 is 5.93. The molecule has 0 spiro atoms. The van der Waals surface area contributed by atoms with Gasteiger partial charge in [-0.25, -0.2) is 4.79 Å². The number of anilines is 1. The molecule has 0 saturated carbocycles. The largest absolute Gasteiger partial charge is 0.378 e. The molecule has 2 aromatic heterocycles. The maximum Gasteiger partial charge on any atom is 0.323 e. The van der Waals surface area contributed by atoms with E-state index in [4.69, 9.17) is 4.74 Å². The van der Waals surface area contributed by atoms with Crippen LogP contribution in [-0.2, 0) is 4.74 Å². The fraction of sp³-hybridized carbons (Fsp3) is 0.647. The summed E-state index contributed by atoms with van der Waals surface area (Å²) in [5, 5.41) is 19.3. The zero-order valence-electron chi connectivity index (χ0n) is 14.9. The molecule has 2 saturated heterocycles. The zero-order valence-corrected chi connectivity index (χ0v) is 15.7. The predicted molar refractivity (Wildman–Crippen MR) is 99.1 cm³/mol. The topological polar surface area (TPSA) is 96.0 Å². The molecule has 2 aliphatic rings. The summed E-state index contributed by atoms with van der Waals surface area (Å²) >= 11 is 1.36. The van der Waals surface area contributed by atoms with Crippen molar-refractivity contribution >= 4 is 22.5 Å². The van der Waals surface area contributed by atoms with Crippen LogP contribution in [0.15, 0.2) is 6.20 Å². The lowest BCUT2D eigenvalue weighted by Crippen LogP contribution is -2.46. The first-order chi connectivity index (χ1) is 12.7. The molecule has 0 aliphatic carbocycles.